The van der Waals surface area contributed by atoms with Crippen molar-refractivity contribution in [2.45, 2.75) is 13.0 Å². The first-order chi connectivity index (χ1) is 9.83. The molecular formula is C16H20N4. The Labute approximate surface area is 119 Å². The minimum atomic E-state index is 0.307. The third kappa shape index (κ3) is 2.98. The van der Waals surface area contributed by atoms with E-state index in [1.807, 2.05) is 18.5 Å². The lowest BCUT2D eigenvalue weighted by molar-refractivity contribution is 0.491. The Hall–Kier alpha value is -1.91. The lowest BCUT2D eigenvalue weighted by atomic mass is 9.96. The quantitative estimate of drug-likeness (QED) is 0.796. The van der Waals surface area contributed by atoms with E-state index in [0.29, 0.717) is 12.0 Å². The number of hydrazine groups is 1. The molecule has 3 N–H and O–H groups in total. The van der Waals surface area contributed by atoms with E-state index in [0.717, 1.165) is 13.1 Å². The topological polar surface area (TPSA) is 49.0 Å². The van der Waals surface area contributed by atoms with Gasteiger partial charge in [-0.1, -0.05) is 23.8 Å². The summed E-state index contributed by atoms with van der Waals surface area (Å²) in [6, 6.07) is 12.9. The van der Waals surface area contributed by atoms with Crippen molar-refractivity contribution in [3.63, 3.8) is 0 Å². The van der Waals surface area contributed by atoms with Crippen molar-refractivity contribution in [1.29, 1.82) is 0 Å². The maximum atomic E-state index is 4.20. The highest BCUT2D eigenvalue weighted by atomic mass is 15.4. The first-order valence-corrected chi connectivity index (χ1v) is 7.02. The molecule has 0 radical (unpaired) electrons. The predicted molar refractivity (Wildman–Crippen MR) is 81.3 cm³/mol. The van der Waals surface area contributed by atoms with Crippen LogP contribution in [0, 0.1) is 12.8 Å². The van der Waals surface area contributed by atoms with Gasteiger partial charge in [-0.3, -0.25) is 10.4 Å². The average molecular weight is 268 g/mol. The molecule has 20 heavy (non-hydrogen) atoms. The van der Waals surface area contributed by atoms with Crippen molar-refractivity contribution in [3.05, 3.63) is 59.9 Å². The summed E-state index contributed by atoms with van der Waals surface area (Å²) in [5, 5.41) is 3.51. The van der Waals surface area contributed by atoms with Gasteiger partial charge < -0.3 is 5.32 Å². The summed E-state index contributed by atoms with van der Waals surface area (Å²) in [6.07, 6.45) is 3.75. The van der Waals surface area contributed by atoms with Crippen molar-refractivity contribution in [2.75, 3.05) is 18.4 Å². The van der Waals surface area contributed by atoms with E-state index in [4.69, 9.17) is 0 Å². The Kier molecular flexibility index (Phi) is 3.95. The van der Waals surface area contributed by atoms with Gasteiger partial charge in [-0.15, -0.1) is 0 Å². The van der Waals surface area contributed by atoms with Crippen LogP contribution in [0.3, 0.4) is 0 Å². The van der Waals surface area contributed by atoms with Gasteiger partial charge in [0.25, 0.3) is 0 Å². The van der Waals surface area contributed by atoms with Crippen LogP contribution in [0.5, 0.6) is 0 Å². The van der Waals surface area contributed by atoms with E-state index in [-0.39, 0.29) is 0 Å². The van der Waals surface area contributed by atoms with Crippen LogP contribution in [0.25, 0.3) is 0 Å². The lowest BCUT2D eigenvalue weighted by Crippen LogP contribution is -2.26. The second-order valence-corrected chi connectivity index (χ2v) is 5.30. The minimum absolute atomic E-state index is 0.307. The number of pyridine rings is 1. The Balaban J connectivity index is 1.63. The molecule has 0 aliphatic carbocycles. The average Bonchev–Trinajstić information content (AvgIpc) is 2.96. The monoisotopic (exact) mass is 268 g/mol. The molecule has 0 spiro atoms. The van der Waals surface area contributed by atoms with Crippen molar-refractivity contribution in [3.8, 4) is 0 Å². The van der Waals surface area contributed by atoms with E-state index >= 15 is 0 Å². The molecule has 1 aromatic carbocycles. The van der Waals surface area contributed by atoms with Gasteiger partial charge in [-0.25, -0.2) is 5.43 Å². The van der Waals surface area contributed by atoms with Crippen molar-refractivity contribution >= 4 is 5.69 Å². The molecule has 2 unspecified atom stereocenters. The van der Waals surface area contributed by atoms with E-state index < -0.39 is 0 Å². The van der Waals surface area contributed by atoms with Gasteiger partial charge in [0.1, 0.15) is 0 Å². The number of aryl methyl sites for hydroxylation is 1. The second-order valence-electron chi connectivity index (χ2n) is 5.30. The fourth-order valence-electron chi connectivity index (χ4n) is 2.56. The van der Waals surface area contributed by atoms with Gasteiger partial charge in [0, 0.05) is 37.1 Å². The molecule has 0 saturated carbocycles. The molecule has 4 nitrogen and oxygen atoms in total. The number of hydrogen-bond acceptors (Lipinski definition) is 4. The first-order valence-electron chi connectivity index (χ1n) is 7.02. The van der Waals surface area contributed by atoms with Crippen LogP contribution < -0.4 is 16.2 Å². The number of aromatic nitrogens is 1. The Morgan fingerprint density at radius 3 is 2.85 bits per heavy atom. The third-order valence-corrected chi connectivity index (χ3v) is 3.76. The number of nitrogens with zero attached hydrogens (tertiary/aromatic N) is 1. The molecular weight excluding hydrogens is 248 g/mol. The van der Waals surface area contributed by atoms with E-state index in [1.165, 1.54) is 16.8 Å². The number of hydrogen-bond donors (Lipinski definition) is 3. The zero-order valence-corrected chi connectivity index (χ0v) is 11.6. The zero-order valence-electron chi connectivity index (χ0n) is 11.6. The molecule has 1 aliphatic rings. The summed E-state index contributed by atoms with van der Waals surface area (Å²) in [5.41, 5.74) is 10.3. The molecule has 2 heterocycles. The minimum Gasteiger partial charge on any atom is -0.385 e. The molecule has 0 bridgehead atoms. The highest BCUT2D eigenvalue weighted by molar-refractivity contribution is 5.44. The van der Waals surface area contributed by atoms with Crippen molar-refractivity contribution in [2.24, 2.45) is 5.92 Å². The highest BCUT2D eigenvalue weighted by Crippen LogP contribution is 2.24. The van der Waals surface area contributed by atoms with E-state index in [9.17, 15) is 0 Å². The SMILES string of the molecule is Cc1ccc(NCC2CNNC2c2cccnc2)cc1. The second kappa shape index (κ2) is 6.03. The molecule has 1 aliphatic heterocycles. The highest BCUT2D eigenvalue weighted by Gasteiger charge is 2.27. The predicted octanol–water partition coefficient (Wildman–Crippen LogP) is 2.27. The van der Waals surface area contributed by atoms with Gasteiger partial charge in [-0.2, -0.15) is 0 Å². The largest absolute Gasteiger partial charge is 0.385 e. The lowest BCUT2D eigenvalue weighted by Gasteiger charge is -2.19. The maximum absolute atomic E-state index is 4.20. The summed E-state index contributed by atoms with van der Waals surface area (Å²) < 4.78 is 0. The molecule has 104 valence electrons. The first kappa shape index (κ1) is 13.1. The summed E-state index contributed by atoms with van der Waals surface area (Å²) in [4.78, 5) is 4.20. The van der Waals surface area contributed by atoms with Crippen LogP contribution in [0.1, 0.15) is 17.2 Å². The maximum Gasteiger partial charge on any atom is 0.0535 e. The fourth-order valence-corrected chi connectivity index (χ4v) is 2.56. The summed E-state index contributed by atoms with van der Waals surface area (Å²) >= 11 is 0. The van der Waals surface area contributed by atoms with Gasteiger partial charge in [0.05, 0.1) is 6.04 Å². The molecule has 1 saturated heterocycles. The van der Waals surface area contributed by atoms with Crippen LogP contribution in [0.2, 0.25) is 0 Å². The number of benzene rings is 1. The fraction of sp³-hybridized carbons (Fsp3) is 0.312. The van der Waals surface area contributed by atoms with E-state index in [1.54, 1.807) is 0 Å². The van der Waals surface area contributed by atoms with Crippen LogP contribution in [0.15, 0.2) is 48.8 Å². The Bertz CT molecular complexity index is 538. The van der Waals surface area contributed by atoms with Crippen molar-refractivity contribution < 1.29 is 0 Å². The molecule has 2 atom stereocenters. The molecule has 4 heteroatoms. The van der Waals surface area contributed by atoms with Gasteiger partial charge in [0.2, 0.25) is 0 Å². The number of anilines is 1. The Morgan fingerprint density at radius 2 is 2.10 bits per heavy atom. The van der Waals surface area contributed by atoms with Crippen LogP contribution in [0.4, 0.5) is 5.69 Å². The van der Waals surface area contributed by atoms with Crippen LogP contribution in [-0.4, -0.2) is 18.1 Å². The summed E-state index contributed by atoms with van der Waals surface area (Å²) in [6.45, 7) is 3.99. The number of rotatable bonds is 4. The van der Waals surface area contributed by atoms with Crippen LogP contribution in [-0.2, 0) is 0 Å². The summed E-state index contributed by atoms with van der Waals surface area (Å²) in [7, 11) is 0. The molecule has 1 fully saturated rings. The third-order valence-electron chi connectivity index (χ3n) is 3.76. The van der Waals surface area contributed by atoms with Gasteiger partial charge in [-0.05, 0) is 30.7 Å². The van der Waals surface area contributed by atoms with E-state index in [2.05, 4.69) is 58.4 Å². The van der Waals surface area contributed by atoms with Crippen LogP contribution >= 0.6 is 0 Å². The Morgan fingerprint density at radius 1 is 1.25 bits per heavy atom. The van der Waals surface area contributed by atoms with Gasteiger partial charge >= 0.3 is 0 Å². The number of nitrogens with one attached hydrogen (secondary N) is 3. The molecule has 1 aromatic heterocycles. The summed E-state index contributed by atoms with van der Waals surface area (Å²) in [5.74, 6) is 0.500. The van der Waals surface area contributed by atoms with Crippen molar-refractivity contribution in [1.82, 2.24) is 15.8 Å². The molecule has 3 rings (SSSR count). The van der Waals surface area contributed by atoms with Gasteiger partial charge in [0.15, 0.2) is 0 Å². The smallest absolute Gasteiger partial charge is 0.0535 e. The normalized spacial score (nSPS) is 21.9. The molecule has 0 amide bonds. The zero-order chi connectivity index (χ0) is 13.8. The standard InChI is InChI=1S/C16H20N4/c1-12-4-6-15(7-5-12)18-10-14-11-19-20-16(14)13-3-2-8-17-9-13/h2-9,14,16,18-20H,10-11H2,1H3. The molecule has 2 aromatic rings.